The largest absolute Gasteiger partial charge is 0.323 e. The van der Waals surface area contributed by atoms with Crippen LogP contribution in [0.1, 0.15) is 6.42 Å². The van der Waals surface area contributed by atoms with E-state index in [0.29, 0.717) is 6.07 Å². The van der Waals surface area contributed by atoms with Crippen LogP contribution in [0.5, 0.6) is 0 Å². The molecule has 2 rings (SSSR count). The third-order valence-corrected chi connectivity index (χ3v) is 2.78. The minimum absolute atomic E-state index is 0.121. The SMILES string of the molecule is O=C(CC(=O)Nc1ccc(F)c(F)c1F)Nc1ccccc1F. The smallest absolute Gasteiger partial charge is 0.233 e. The minimum atomic E-state index is -1.74. The van der Waals surface area contributed by atoms with Crippen molar-refractivity contribution < 1.29 is 27.2 Å². The van der Waals surface area contributed by atoms with Gasteiger partial charge in [0.1, 0.15) is 12.2 Å². The number of para-hydroxylation sites is 1. The zero-order valence-electron chi connectivity index (χ0n) is 11.5. The summed E-state index contributed by atoms with van der Waals surface area (Å²) >= 11 is 0. The van der Waals surface area contributed by atoms with Crippen LogP contribution in [0.4, 0.5) is 28.9 Å². The summed E-state index contributed by atoms with van der Waals surface area (Å²) in [6, 6.07) is 6.76. The molecule has 2 amide bonds. The van der Waals surface area contributed by atoms with Crippen molar-refractivity contribution in [3.05, 3.63) is 59.7 Å². The van der Waals surface area contributed by atoms with Gasteiger partial charge in [0.2, 0.25) is 11.8 Å². The summed E-state index contributed by atoms with van der Waals surface area (Å²) in [7, 11) is 0. The maximum atomic E-state index is 13.4. The van der Waals surface area contributed by atoms with E-state index in [4.69, 9.17) is 0 Å². The molecule has 0 fully saturated rings. The monoisotopic (exact) mass is 326 g/mol. The van der Waals surface area contributed by atoms with Gasteiger partial charge in [-0.05, 0) is 24.3 Å². The van der Waals surface area contributed by atoms with Crippen LogP contribution in [0.3, 0.4) is 0 Å². The zero-order chi connectivity index (χ0) is 17.0. The van der Waals surface area contributed by atoms with Crippen LogP contribution in [0.25, 0.3) is 0 Å². The topological polar surface area (TPSA) is 58.2 Å². The van der Waals surface area contributed by atoms with E-state index in [9.17, 15) is 27.2 Å². The summed E-state index contributed by atoms with van der Waals surface area (Å²) in [5, 5.41) is 4.09. The molecule has 120 valence electrons. The lowest BCUT2D eigenvalue weighted by Gasteiger charge is -2.08. The Morgan fingerprint density at radius 2 is 1.35 bits per heavy atom. The zero-order valence-corrected chi connectivity index (χ0v) is 11.5. The van der Waals surface area contributed by atoms with Crippen LogP contribution >= 0.6 is 0 Å². The fraction of sp³-hybridized carbons (Fsp3) is 0.0667. The molecule has 0 atom stereocenters. The van der Waals surface area contributed by atoms with Gasteiger partial charge in [-0.1, -0.05) is 12.1 Å². The molecule has 8 heteroatoms. The number of hydrogen-bond acceptors (Lipinski definition) is 2. The van der Waals surface area contributed by atoms with Crippen LogP contribution in [0.15, 0.2) is 36.4 Å². The first-order valence-corrected chi connectivity index (χ1v) is 6.36. The normalized spacial score (nSPS) is 10.3. The molecule has 2 aromatic rings. The first kappa shape index (κ1) is 16.5. The van der Waals surface area contributed by atoms with Gasteiger partial charge in [-0.3, -0.25) is 9.59 Å². The first-order chi connectivity index (χ1) is 10.9. The predicted molar refractivity (Wildman–Crippen MR) is 74.6 cm³/mol. The Labute approximate surface area is 128 Å². The molecule has 0 heterocycles. The van der Waals surface area contributed by atoms with Gasteiger partial charge >= 0.3 is 0 Å². The Bertz CT molecular complexity index is 765. The number of nitrogens with one attached hydrogen (secondary N) is 2. The number of carbonyl (C=O) groups is 2. The molecule has 0 bridgehead atoms. The van der Waals surface area contributed by atoms with Crippen molar-refractivity contribution in [1.29, 1.82) is 0 Å². The Morgan fingerprint density at radius 1 is 0.739 bits per heavy atom. The lowest BCUT2D eigenvalue weighted by atomic mass is 10.2. The Kier molecular flexibility index (Phi) is 4.95. The average Bonchev–Trinajstić information content (AvgIpc) is 2.50. The van der Waals surface area contributed by atoms with E-state index in [1.807, 2.05) is 5.32 Å². The van der Waals surface area contributed by atoms with Crippen LogP contribution in [0, 0.1) is 23.3 Å². The summed E-state index contributed by atoms with van der Waals surface area (Å²) < 4.78 is 52.5. The second-order valence-corrected chi connectivity index (χ2v) is 4.48. The van der Waals surface area contributed by atoms with Crippen LogP contribution < -0.4 is 10.6 Å². The molecule has 0 unspecified atom stereocenters. The molecule has 2 aromatic carbocycles. The van der Waals surface area contributed by atoms with Crippen LogP contribution in [0.2, 0.25) is 0 Å². The van der Waals surface area contributed by atoms with Gasteiger partial charge in [-0.25, -0.2) is 17.6 Å². The number of halogens is 4. The highest BCUT2D eigenvalue weighted by atomic mass is 19.2. The maximum Gasteiger partial charge on any atom is 0.233 e. The molecule has 4 nitrogen and oxygen atoms in total. The second-order valence-electron chi connectivity index (χ2n) is 4.48. The third kappa shape index (κ3) is 4.06. The van der Waals surface area contributed by atoms with E-state index in [1.165, 1.54) is 18.2 Å². The third-order valence-electron chi connectivity index (χ3n) is 2.78. The van der Waals surface area contributed by atoms with Gasteiger partial charge in [-0.15, -0.1) is 0 Å². The van der Waals surface area contributed by atoms with Gasteiger partial charge in [0.05, 0.1) is 11.4 Å². The fourth-order valence-corrected chi connectivity index (χ4v) is 1.72. The van der Waals surface area contributed by atoms with E-state index >= 15 is 0 Å². The highest BCUT2D eigenvalue weighted by Crippen LogP contribution is 2.20. The fourth-order valence-electron chi connectivity index (χ4n) is 1.72. The maximum absolute atomic E-state index is 13.4. The average molecular weight is 326 g/mol. The van der Waals surface area contributed by atoms with Crippen molar-refractivity contribution in [2.75, 3.05) is 10.6 Å². The predicted octanol–water partition coefficient (Wildman–Crippen LogP) is 3.21. The molecule has 0 aromatic heterocycles. The van der Waals surface area contributed by atoms with Crippen molar-refractivity contribution >= 4 is 23.2 Å². The van der Waals surface area contributed by atoms with Gasteiger partial charge in [0.15, 0.2) is 17.5 Å². The van der Waals surface area contributed by atoms with Crippen molar-refractivity contribution in [1.82, 2.24) is 0 Å². The Hall–Kier alpha value is -2.90. The molecule has 0 radical (unpaired) electrons. The molecule has 2 N–H and O–H groups in total. The van der Waals surface area contributed by atoms with Crippen molar-refractivity contribution in [3.63, 3.8) is 0 Å². The first-order valence-electron chi connectivity index (χ1n) is 6.36. The Morgan fingerprint density at radius 3 is 2.00 bits per heavy atom. The van der Waals surface area contributed by atoms with E-state index in [2.05, 4.69) is 5.32 Å². The quantitative estimate of drug-likeness (QED) is 0.515. The van der Waals surface area contributed by atoms with E-state index < -0.39 is 47.2 Å². The molecule has 0 saturated carbocycles. The van der Waals surface area contributed by atoms with Crippen LogP contribution in [-0.2, 0) is 9.59 Å². The van der Waals surface area contributed by atoms with Crippen molar-refractivity contribution in [2.45, 2.75) is 6.42 Å². The molecule has 0 aliphatic rings. The number of benzene rings is 2. The summed E-state index contributed by atoms with van der Waals surface area (Å²) in [6.07, 6.45) is -0.757. The standard InChI is InChI=1S/C15H10F4N2O2/c16-8-3-1-2-4-10(8)20-12(22)7-13(23)21-11-6-5-9(17)14(18)15(11)19/h1-6H,7H2,(H,20,22)(H,21,23). The lowest BCUT2D eigenvalue weighted by Crippen LogP contribution is -2.22. The molecular formula is C15H10F4N2O2. The summed E-state index contributed by atoms with van der Waals surface area (Å²) in [5.74, 6) is -7.23. The minimum Gasteiger partial charge on any atom is -0.323 e. The molecule has 23 heavy (non-hydrogen) atoms. The number of amides is 2. The second kappa shape index (κ2) is 6.91. The van der Waals surface area contributed by atoms with Gasteiger partial charge in [0.25, 0.3) is 0 Å². The molecule has 0 aliphatic heterocycles. The van der Waals surface area contributed by atoms with E-state index in [0.717, 1.165) is 12.1 Å². The highest BCUT2D eigenvalue weighted by molar-refractivity contribution is 6.08. The summed E-state index contributed by atoms with van der Waals surface area (Å²) in [4.78, 5) is 23.2. The highest BCUT2D eigenvalue weighted by Gasteiger charge is 2.17. The number of rotatable bonds is 4. The van der Waals surface area contributed by atoms with Crippen molar-refractivity contribution in [2.24, 2.45) is 0 Å². The molecule has 0 saturated heterocycles. The number of hydrogen-bond donors (Lipinski definition) is 2. The van der Waals surface area contributed by atoms with E-state index in [-0.39, 0.29) is 5.69 Å². The van der Waals surface area contributed by atoms with E-state index in [1.54, 1.807) is 0 Å². The molecule has 0 aliphatic carbocycles. The van der Waals surface area contributed by atoms with Crippen LogP contribution in [-0.4, -0.2) is 11.8 Å². The molecule has 0 spiro atoms. The number of anilines is 2. The lowest BCUT2D eigenvalue weighted by molar-refractivity contribution is -0.123. The van der Waals surface area contributed by atoms with Gasteiger partial charge < -0.3 is 10.6 Å². The summed E-state index contributed by atoms with van der Waals surface area (Å²) in [5.41, 5.74) is -0.725. The number of carbonyl (C=O) groups excluding carboxylic acids is 2. The van der Waals surface area contributed by atoms with Crippen molar-refractivity contribution in [3.8, 4) is 0 Å². The van der Waals surface area contributed by atoms with Gasteiger partial charge in [0, 0.05) is 0 Å². The summed E-state index contributed by atoms with van der Waals surface area (Å²) in [6.45, 7) is 0. The molecular weight excluding hydrogens is 316 g/mol. The van der Waals surface area contributed by atoms with Gasteiger partial charge in [-0.2, -0.15) is 0 Å². The Balaban J connectivity index is 1.99.